The van der Waals surface area contributed by atoms with Gasteiger partial charge in [-0.15, -0.1) is 0 Å². The number of benzene rings is 1. The smallest absolute Gasteiger partial charge is 0.251 e. The maximum atomic E-state index is 12.0. The topological polar surface area (TPSA) is 38.3 Å². The lowest BCUT2D eigenvalue weighted by Crippen LogP contribution is -2.32. The SMILES string of the molecule is CCC1OCCC1CNC(=O)c1cccc(Br)c1. The first-order valence-corrected chi connectivity index (χ1v) is 7.15. The molecule has 4 heteroatoms. The molecule has 2 unspecified atom stereocenters. The minimum absolute atomic E-state index is 0.0157. The summed E-state index contributed by atoms with van der Waals surface area (Å²) in [5.74, 6) is 0.434. The second kappa shape index (κ2) is 6.34. The number of amides is 1. The van der Waals surface area contributed by atoms with E-state index in [9.17, 15) is 4.79 Å². The minimum atomic E-state index is -0.0157. The monoisotopic (exact) mass is 311 g/mol. The zero-order chi connectivity index (χ0) is 13.0. The quantitative estimate of drug-likeness (QED) is 0.928. The third-order valence-electron chi connectivity index (χ3n) is 3.36. The van der Waals surface area contributed by atoms with Gasteiger partial charge in [0.1, 0.15) is 0 Å². The van der Waals surface area contributed by atoms with Crippen LogP contribution in [0, 0.1) is 5.92 Å². The number of carbonyl (C=O) groups is 1. The van der Waals surface area contributed by atoms with Gasteiger partial charge in [-0.1, -0.05) is 28.9 Å². The molecular formula is C14H18BrNO2. The summed E-state index contributed by atoms with van der Waals surface area (Å²) >= 11 is 3.37. The fourth-order valence-electron chi connectivity index (χ4n) is 2.33. The summed E-state index contributed by atoms with van der Waals surface area (Å²) in [6, 6.07) is 7.43. The third kappa shape index (κ3) is 3.33. The van der Waals surface area contributed by atoms with Crippen molar-refractivity contribution >= 4 is 21.8 Å². The average Bonchev–Trinajstić information content (AvgIpc) is 2.83. The van der Waals surface area contributed by atoms with Gasteiger partial charge in [-0.05, 0) is 31.0 Å². The summed E-state index contributed by atoms with van der Waals surface area (Å²) in [5, 5.41) is 2.99. The van der Waals surface area contributed by atoms with Crippen LogP contribution >= 0.6 is 15.9 Å². The zero-order valence-electron chi connectivity index (χ0n) is 10.5. The molecule has 0 aliphatic carbocycles. The van der Waals surface area contributed by atoms with E-state index in [1.54, 1.807) is 0 Å². The molecule has 1 amide bonds. The van der Waals surface area contributed by atoms with Gasteiger partial charge in [-0.25, -0.2) is 0 Å². The Hall–Kier alpha value is -0.870. The predicted octanol–water partition coefficient (Wildman–Crippen LogP) is 2.99. The largest absolute Gasteiger partial charge is 0.378 e. The van der Waals surface area contributed by atoms with Crippen LogP contribution in [0.3, 0.4) is 0 Å². The van der Waals surface area contributed by atoms with E-state index in [2.05, 4.69) is 28.2 Å². The van der Waals surface area contributed by atoms with Gasteiger partial charge in [0, 0.05) is 29.1 Å². The van der Waals surface area contributed by atoms with Gasteiger partial charge in [0.2, 0.25) is 0 Å². The fourth-order valence-corrected chi connectivity index (χ4v) is 2.73. The number of ether oxygens (including phenoxy) is 1. The summed E-state index contributed by atoms with van der Waals surface area (Å²) in [7, 11) is 0. The highest BCUT2D eigenvalue weighted by Gasteiger charge is 2.26. The first kappa shape index (κ1) is 13.6. The molecule has 1 N–H and O–H groups in total. The predicted molar refractivity (Wildman–Crippen MR) is 74.6 cm³/mol. The van der Waals surface area contributed by atoms with Gasteiger partial charge in [0.15, 0.2) is 0 Å². The van der Waals surface area contributed by atoms with Gasteiger partial charge in [-0.2, -0.15) is 0 Å². The zero-order valence-corrected chi connectivity index (χ0v) is 12.1. The van der Waals surface area contributed by atoms with Gasteiger partial charge in [-0.3, -0.25) is 4.79 Å². The Morgan fingerprint density at radius 2 is 2.39 bits per heavy atom. The molecule has 1 aromatic rings. The van der Waals surface area contributed by atoms with E-state index in [-0.39, 0.29) is 5.91 Å². The molecule has 1 fully saturated rings. The van der Waals surface area contributed by atoms with E-state index in [1.807, 2.05) is 24.3 Å². The maximum absolute atomic E-state index is 12.0. The van der Waals surface area contributed by atoms with Gasteiger partial charge >= 0.3 is 0 Å². The molecule has 1 aliphatic heterocycles. The normalized spacial score (nSPS) is 23.0. The highest BCUT2D eigenvalue weighted by Crippen LogP contribution is 2.22. The molecule has 2 atom stereocenters. The van der Waals surface area contributed by atoms with E-state index < -0.39 is 0 Å². The highest BCUT2D eigenvalue weighted by atomic mass is 79.9. The summed E-state index contributed by atoms with van der Waals surface area (Å²) in [6.07, 6.45) is 2.35. The number of nitrogens with one attached hydrogen (secondary N) is 1. The van der Waals surface area contributed by atoms with E-state index >= 15 is 0 Å². The molecular weight excluding hydrogens is 294 g/mol. The van der Waals surface area contributed by atoms with Crippen molar-refractivity contribution in [1.29, 1.82) is 0 Å². The van der Waals surface area contributed by atoms with Crippen molar-refractivity contribution < 1.29 is 9.53 Å². The molecule has 0 spiro atoms. The van der Waals surface area contributed by atoms with Crippen LogP contribution in [0.5, 0.6) is 0 Å². The third-order valence-corrected chi connectivity index (χ3v) is 3.85. The van der Waals surface area contributed by atoms with Crippen LogP contribution in [0.1, 0.15) is 30.1 Å². The molecule has 1 heterocycles. The number of carbonyl (C=O) groups excluding carboxylic acids is 1. The van der Waals surface area contributed by atoms with Crippen LogP contribution in [-0.4, -0.2) is 25.2 Å². The Labute approximate surface area is 116 Å². The molecule has 1 aromatic carbocycles. The molecule has 18 heavy (non-hydrogen) atoms. The Morgan fingerprint density at radius 1 is 1.56 bits per heavy atom. The lowest BCUT2D eigenvalue weighted by Gasteiger charge is -2.17. The molecule has 0 aromatic heterocycles. The molecule has 0 radical (unpaired) electrons. The molecule has 0 saturated carbocycles. The number of halogens is 1. The molecule has 1 saturated heterocycles. The molecule has 2 rings (SSSR count). The summed E-state index contributed by atoms with van der Waals surface area (Å²) < 4.78 is 6.54. The number of hydrogen-bond acceptors (Lipinski definition) is 2. The van der Waals surface area contributed by atoms with Crippen LogP contribution < -0.4 is 5.32 Å². The Kier molecular flexibility index (Phi) is 4.78. The van der Waals surface area contributed by atoms with Crippen LogP contribution in [0.4, 0.5) is 0 Å². The second-order valence-corrected chi connectivity index (χ2v) is 5.50. The van der Waals surface area contributed by atoms with E-state index in [1.165, 1.54) is 0 Å². The average molecular weight is 312 g/mol. The van der Waals surface area contributed by atoms with E-state index in [4.69, 9.17) is 4.74 Å². The lowest BCUT2D eigenvalue weighted by atomic mass is 9.99. The molecule has 3 nitrogen and oxygen atoms in total. The Balaban J connectivity index is 1.88. The van der Waals surface area contributed by atoms with Crippen LogP contribution in [0.15, 0.2) is 28.7 Å². The van der Waals surface area contributed by atoms with E-state index in [0.29, 0.717) is 24.1 Å². The van der Waals surface area contributed by atoms with Crippen molar-refractivity contribution in [3.8, 4) is 0 Å². The van der Waals surface area contributed by atoms with Gasteiger partial charge < -0.3 is 10.1 Å². The van der Waals surface area contributed by atoms with Crippen molar-refractivity contribution in [2.75, 3.05) is 13.2 Å². The first-order chi connectivity index (χ1) is 8.70. The first-order valence-electron chi connectivity index (χ1n) is 6.36. The van der Waals surface area contributed by atoms with Crippen molar-refractivity contribution in [2.24, 2.45) is 5.92 Å². The van der Waals surface area contributed by atoms with Crippen molar-refractivity contribution in [3.63, 3.8) is 0 Å². The molecule has 1 aliphatic rings. The van der Waals surface area contributed by atoms with Gasteiger partial charge in [0.05, 0.1) is 6.10 Å². The van der Waals surface area contributed by atoms with Crippen molar-refractivity contribution in [3.05, 3.63) is 34.3 Å². The summed E-state index contributed by atoms with van der Waals surface area (Å²) in [5.41, 5.74) is 0.691. The lowest BCUT2D eigenvalue weighted by molar-refractivity contribution is 0.0827. The summed E-state index contributed by atoms with van der Waals surface area (Å²) in [6.45, 7) is 3.64. The van der Waals surface area contributed by atoms with E-state index in [0.717, 1.165) is 23.9 Å². The number of rotatable bonds is 4. The number of hydrogen-bond donors (Lipinski definition) is 1. The standard InChI is InChI=1S/C14H18BrNO2/c1-2-13-11(6-7-18-13)9-16-14(17)10-4-3-5-12(15)8-10/h3-5,8,11,13H,2,6-7,9H2,1H3,(H,16,17). The van der Waals surface area contributed by atoms with Gasteiger partial charge in [0.25, 0.3) is 5.91 Å². The van der Waals surface area contributed by atoms with Crippen LogP contribution in [-0.2, 0) is 4.74 Å². The fraction of sp³-hybridized carbons (Fsp3) is 0.500. The van der Waals surface area contributed by atoms with Crippen molar-refractivity contribution in [2.45, 2.75) is 25.9 Å². The maximum Gasteiger partial charge on any atom is 0.251 e. The second-order valence-electron chi connectivity index (χ2n) is 4.59. The highest BCUT2D eigenvalue weighted by molar-refractivity contribution is 9.10. The summed E-state index contributed by atoms with van der Waals surface area (Å²) in [4.78, 5) is 12.0. The Bertz CT molecular complexity index is 422. The molecule has 0 bridgehead atoms. The van der Waals surface area contributed by atoms with Crippen molar-refractivity contribution in [1.82, 2.24) is 5.32 Å². The molecule has 98 valence electrons. The minimum Gasteiger partial charge on any atom is -0.378 e. The van der Waals surface area contributed by atoms with Crippen LogP contribution in [0.2, 0.25) is 0 Å². The Morgan fingerprint density at radius 3 is 3.11 bits per heavy atom. The van der Waals surface area contributed by atoms with Crippen LogP contribution in [0.25, 0.3) is 0 Å².